The van der Waals surface area contributed by atoms with Gasteiger partial charge in [0.2, 0.25) is 5.88 Å². The molecule has 0 radical (unpaired) electrons. The van der Waals surface area contributed by atoms with Crippen LogP contribution in [0.2, 0.25) is 0 Å². The molecule has 0 aliphatic rings. The van der Waals surface area contributed by atoms with Gasteiger partial charge in [-0.05, 0) is 25.5 Å². The highest BCUT2D eigenvalue weighted by molar-refractivity contribution is 5.24. The second-order valence-corrected chi connectivity index (χ2v) is 3.81. The Morgan fingerprint density at radius 3 is 3.00 bits per heavy atom. The first-order valence-electron chi connectivity index (χ1n) is 6.14. The van der Waals surface area contributed by atoms with Crippen molar-refractivity contribution in [3.05, 3.63) is 23.9 Å². The van der Waals surface area contributed by atoms with Crippen molar-refractivity contribution in [2.75, 3.05) is 26.9 Å². The van der Waals surface area contributed by atoms with Crippen LogP contribution in [0.1, 0.15) is 25.3 Å². The Balaban J connectivity index is 2.13. The van der Waals surface area contributed by atoms with E-state index < -0.39 is 0 Å². The van der Waals surface area contributed by atoms with E-state index in [1.54, 1.807) is 13.3 Å². The van der Waals surface area contributed by atoms with E-state index in [1.165, 1.54) is 0 Å². The van der Waals surface area contributed by atoms with E-state index in [0.29, 0.717) is 5.88 Å². The van der Waals surface area contributed by atoms with Crippen LogP contribution >= 0.6 is 0 Å². The molecule has 4 heteroatoms. The van der Waals surface area contributed by atoms with Crippen molar-refractivity contribution in [2.24, 2.45) is 0 Å². The standard InChI is InChI=1S/C13H22N2O2/c1-3-9-17-10-5-7-14-11-12-6-4-8-15-13(12)16-2/h4,6,8,14H,3,5,7,9-11H2,1-2H3. The monoisotopic (exact) mass is 238 g/mol. The van der Waals surface area contributed by atoms with Crippen LogP contribution in [0.4, 0.5) is 0 Å². The van der Waals surface area contributed by atoms with Crippen molar-refractivity contribution in [1.82, 2.24) is 10.3 Å². The van der Waals surface area contributed by atoms with E-state index in [0.717, 1.165) is 44.7 Å². The van der Waals surface area contributed by atoms with Gasteiger partial charge in [-0.15, -0.1) is 0 Å². The minimum atomic E-state index is 0.697. The van der Waals surface area contributed by atoms with Crippen molar-refractivity contribution in [1.29, 1.82) is 0 Å². The van der Waals surface area contributed by atoms with Gasteiger partial charge in [-0.25, -0.2) is 4.98 Å². The molecule has 1 heterocycles. The number of nitrogens with zero attached hydrogens (tertiary/aromatic N) is 1. The van der Waals surface area contributed by atoms with Gasteiger partial charge in [-0.1, -0.05) is 13.0 Å². The summed E-state index contributed by atoms with van der Waals surface area (Å²) in [7, 11) is 1.64. The quantitative estimate of drug-likeness (QED) is 0.668. The average Bonchev–Trinajstić information content (AvgIpc) is 2.38. The van der Waals surface area contributed by atoms with Gasteiger partial charge in [0, 0.05) is 31.5 Å². The zero-order chi connectivity index (χ0) is 12.3. The van der Waals surface area contributed by atoms with E-state index in [1.807, 2.05) is 12.1 Å². The number of ether oxygens (including phenoxy) is 2. The van der Waals surface area contributed by atoms with E-state index in [4.69, 9.17) is 9.47 Å². The Bertz CT molecular complexity index is 305. The van der Waals surface area contributed by atoms with E-state index in [9.17, 15) is 0 Å². The van der Waals surface area contributed by atoms with Gasteiger partial charge in [-0.2, -0.15) is 0 Å². The second kappa shape index (κ2) is 8.96. The van der Waals surface area contributed by atoms with Crippen molar-refractivity contribution < 1.29 is 9.47 Å². The Hall–Kier alpha value is -1.13. The van der Waals surface area contributed by atoms with E-state index in [2.05, 4.69) is 17.2 Å². The molecule has 0 amide bonds. The maximum Gasteiger partial charge on any atom is 0.217 e. The van der Waals surface area contributed by atoms with Gasteiger partial charge < -0.3 is 14.8 Å². The van der Waals surface area contributed by atoms with Crippen LogP contribution in [0, 0.1) is 0 Å². The van der Waals surface area contributed by atoms with Crippen molar-refractivity contribution in [3.63, 3.8) is 0 Å². The Morgan fingerprint density at radius 2 is 2.24 bits per heavy atom. The highest BCUT2D eigenvalue weighted by Gasteiger charge is 2.01. The van der Waals surface area contributed by atoms with E-state index >= 15 is 0 Å². The summed E-state index contributed by atoms with van der Waals surface area (Å²) >= 11 is 0. The molecule has 0 spiro atoms. The molecule has 0 aromatic carbocycles. The first-order chi connectivity index (χ1) is 8.38. The summed E-state index contributed by atoms with van der Waals surface area (Å²) < 4.78 is 10.6. The zero-order valence-electron chi connectivity index (χ0n) is 10.7. The molecule has 1 rings (SSSR count). The van der Waals surface area contributed by atoms with Crippen LogP contribution in [0.5, 0.6) is 5.88 Å². The predicted molar refractivity (Wildman–Crippen MR) is 68.2 cm³/mol. The van der Waals surface area contributed by atoms with Crippen LogP contribution in [-0.2, 0) is 11.3 Å². The molecule has 1 aromatic rings. The summed E-state index contributed by atoms with van der Waals surface area (Å²) in [5, 5.41) is 3.35. The molecular formula is C13H22N2O2. The number of rotatable bonds is 9. The zero-order valence-corrected chi connectivity index (χ0v) is 10.7. The van der Waals surface area contributed by atoms with Gasteiger partial charge in [0.15, 0.2) is 0 Å². The molecule has 1 N–H and O–H groups in total. The molecule has 0 atom stereocenters. The largest absolute Gasteiger partial charge is 0.481 e. The number of aromatic nitrogens is 1. The molecule has 0 saturated carbocycles. The molecule has 0 aliphatic heterocycles. The smallest absolute Gasteiger partial charge is 0.217 e. The summed E-state index contributed by atoms with van der Waals surface area (Å²) in [4.78, 5) is 4.15. The van der Waals surface area contributed by atoms with Crippen molar-refractivity contribution in [3.8, 4) is 5.88 Å². The van der Waals surface area contributed by atoms with Crippen LogP contribution in [0.15, 0.2) is 18.3 Å². The van der Waals surface area contributed by atoms with Crippen LogP contribution in [-0.4, -0.2) is 31.9 Å². The third-order valence-corrected chi connectivity index (χ3v) is 2.35. The summed E-state index contributed by atoms with van der Waals surface area (Å²) in [6, 6.07) is 3.94. The maximum absolute atomic E-state index is 5.40. The summed E-state index contributed by atoms with van der Waals surface area (Å²) in [6.07, 6.45) is 3.85. The number of methoxy groups -OCH3 is 1. The van der Waals surface area contributed by atoms with Crippen molar-refractivity contribution in [2.45, 2.75) is 26.3 Å². The van der Waals surface area contributed by atoms with Gasteiger partial charge in [0.25, 0.3) is 0 Å². The number of nitrogens with one attached hydrogen (secondary N) is 1. The second-order valence-electron chi connectivity index (χ2n) is 3.81. The Kier molecular flexibility index (Phi) is 7.34. The van der Waals surface area contributed by atoms with Gasteiger partial charge in [0.1, 0.15) is 0 Å². The summed E-state index contributed by atoms with van der Waals surface area (Å²) in [5.41, 5.74) is 1.09. The average molecular weight is 238 g/mol. The van der Waals surface area contributed by atoms with Crippen LogP contribution in [0.25, 0.3) is 0 Å². The summed E-state index contributed by atoms with van der Waals surface area (Å²) in [5.74, 6) is 0.697. The summed E-state index contributed by atoms with van der Waals surface area (Å²) in [6.45, 7) is 5.53. The fourth-order valence-electron chi connectivity index (χ4n) is 1.51. The molecule has 1 aromatic heterocycles. The molecule has 0 aliphatic carbocycles. The molecule has 0 bridgehead atoms. The molecule has 0 unspecified atom stereocenters. The Morgan fingerprint density at radius 1 is 1.35 bits per heavy atom. The number of hydrogen-bond donors (Lipinski definition) is 1. The van der Waals surface area contributed by atoms with Gasteiger partial charge in [0.05, 0.1) is 7.11 Å². The van der Waals surface area contributed by atoms with Gasteiger partial charge >= 0.3 is 0 Å². The minimum absolute atomic E-state index is 0.697. The lowest BCUT2D eigenvalue weighted by molar-refractivity contribution is 0.132. The lowest BCUT2D eigenvalue weighted by atomic mass is 10.2. The molecule has 0 saturated heterocycles. The SMILES string of the molecule is CCCOCCCNCc1cccnc1OC. The van der Waals surface area contributed by atoms with Gasteiger partial charge in [-0.3, -0.25) is 0 Å². The molecular weight excluding hydrogens is 216 g/mol. The fraction of sp³-hybridized carbons (Fsp3) is 0.615. The van der Waals surface area contributed by atoms with Crippen molar-refractivity contribution >= 4 is 0 Å². The third-order valence-electron chi connectivity index (χ3n) is 2.35. The molecule has 17 heavy (non-hydrogen) atoms. The first kappa shape index (κ1) is 13.9. The highest BCUT2D eigenvalue weighted by atomic mass is 16.5. The third kappa shape index (κ3) is 5.65. The molecule has 4 nitrogen and oxygen atoms in total. The maximum atomic E-state index is 5.40. The van der Waals surface area contributed by atoms with E-state index in [-0.39, 0.29) is 0 Å². The lowest BCUT2D eigenvalue weighted by Crippen LogP contribution is -2.17. The van der Waals surface area contributed by atoms with Crippen LogP contribution in [0.3, 0.4) is 0 Å². The highest BCUT2D eigenvalue weighted by Crippen LogP contribution is 2.12. The number of hydrogen-bond acceptors (Lipinski definition) is 4. The fourth-order valence-corrected chi connectivity index (χ4v) is 1.51. The topological polar surface area (TPSA) is 43.4 Å². The number of pyridine rings is 1. The normalized spacial score (nSPS) is 10.5. The lowest BCUT2D eigenvalue weighted by Gasteiger charge is -2.08. The first-order valence-corrected chi connectivity index (χ1v) is 6.14. The predicted octanol–water partition coefficient (Wildman–Crippen LogP) is 2.00. The molecule has 96 valence electrons. The van der Waals surface area contributed by atoms with Crippen LogP contribution < -0.4 is 10.1 Å². The Labute approximate surface area is 103 Å². The minimum Gasteiger partial charge on any atom is -0.481 e. The molecule has 0 fully saturated rings.